The molecule has 0 amide bonds. The molecule has 48 valence electrons. The van der Waals surface area contributed by atoms with E-state index in [-0.39, 0.29) is 0 Å². The van der Waals surface area contributed by atoms with Crippen molar-refractivity contribution in [1.29, 1.82) is 4.78 Å². The summed E-state index contributed by atoms with van der Waals surface area (Å²) < 4.78 is 20.5. The van der Waals surface area contributed by atoms with Crippen LogP contribution in [0.5, 0.6) is 0 Å². The molecule has 0 aliphatic carbocycles. The van der Waals surface area contributed by atoms with E-state index in [4.69, 9.17) is 4.78 Å². The van der Waals surface area contributed by atoms with Gasteiger partial charge >= 0.3 is 0 Å². The van der Waals surface area contributed by atoms with E-state index < -0.39 is 9.92 Å². The van der Waals surface area contributed by atoms with Crippen LogP contribution in [0.15, 0.2) is 0 Å². The summed E-state index contributed by atoms with van der Waals surface area (Å²) in [4.78, 5) is 0. The van der Waals surface area contributed by atoms with E-state index in [0.29, 0.717) is 5.75 Å². The summed E-state index contributed by atoms with van der Waals surface area (Å²) >= 11 is 0. The van der Waals surface area contributed by atoms with Crippen molar-refractivity contribution in [3.8, 4) is 0 Å². The summed E-state index contributed by atoms with van der Waals surface area (Å²) in [5, 5.41) is 0. The molecule has 0 spiro atoms. The van der Waals surface area contributed by atoms with E-state index in [9.17, 15) is 4.21 Å². The summed E-state index contributed by atoms with van der Waals surface area (Å²) in [6, 6.07) is 0. The van der Waals surface area contributed by atoms with Crippen LogP contribution >= 0.6 is 0 Å². The Bertz CT molecular complexity index is 149. The first-order valence-corrected chi connectivity index (χ1v) is 4.44. The van der Waals surface area contributed by atoms with Crippen molar-refractivity contribution >= 4 is 9.92 Å². The highest BCUT2D eigenvalue weighted by Crippen LogP contribution is 2.00. The van der Waals surface area contributed by atoms with E-state index in [2.05, 4.69) is 4.72 Å². The van der Waals surface area contributed by atoms with Crippen LogP contribution in [0.3, 0.4) is 0 Å². The maximum absolute atomic E-state index is 10.8. The van der Waals surface area contributed by atoms with Crippen molar-refractivity contribution < 1.29 is 4.21 Å². The minimum Gasteiger partial charge on any atom is -0.240 e. The molecule has 3 nitrogen and oxygen atoms in total. The van der Waals surface area contributed by atoms with Gasteiger partial charge in [-0.15, -0.1) is 0 Å². The first-order chi connectivity index (χ1) is 3.71. The Balaban J connectivity index is 2.58. The van der Waals surface area contributed by atoms with Gasteiger partial charge in [0.15, 0.2) is 0 Å². The molecule has 4 heteroatoms. The third kappa shape index (κ3) is 1.45. The van der Waals surface area contributed by atoms with Gasteiger partial charge in [0.25, 0.3) is 0 Å². The maximum atomic E-state index is 10.8. The second kappa shape index (κ2) is 2.03. The first-order valence-electron chi connectivity index (χ1n) is 2.72. The van der Waals surface area contributed by atoms with Crippen molar-refractivity contribution in [3.63, 3.8) is 0 Å². The van der Waals surface area contributed by atoms with Crippen LogP contribution in [0.25, 0.3) is 0 Å². The lowest BCUT2D eigenvalue weighted by Gasteiger charge is -2.13. The smallest absolute Gasteiger partial charge is 0.105 e. The molecule has 1 rings (SSSR count). The topological polar surface area (TPSA) is 53.0 Å². The van der Waals surface area contributed by atoms with Crippen molar-refractivity contribution in [1.82, 2.24) is 4.72 Å². The SMILES string of the molecule is N=S1(=O)CCCCN1. The second-order valence-electron chi connectivity index (χ2n) is 1.98. The monoisotopic (exact) mass is 134 g/mol. The lowest BCUT2D eigenvalue weighted by molar-refractivity contribution is 0.633. The third-order valence-corrected chi connectivity index (χ3v) is 2.73. The van der Waals surface area contributed by atoms with Gasteiger partial charge in [0.1, 0.15) is 9.92 Å². The van der Waals surface area contributed by atoms with E-state index in [1.54, 1.807) is 0 Å². The third-order valence-electron chi connectivity index (χ3n) is 1.19. The molecule has 0 aromatic carbocycles. The molecule has 1 aliphatic rings. The maximum Gasteiger partial charge on any atom is 0.105 e. The fourth-order valence-electron chi connectivity index (χ4n) is 0.740. The van der Waals surface area contributed by atoms with Gasteiger partial charge in [0, 0.05) is 12.3 Å². The van der Waals surface area contributed by atoms with E-state index >= 15 is 0 Å². The zero-order valence-electron chi connectivity index (χ0n) is 4.64. The minimum atomic E-state index is -2.33. The van der Waals surface area contributed by atoms with Gasteiger partial charge in [0.05, 0.1) is 0 Å². The highest BCUT2D eigenvalue weighted by molar-refractivity contribution is 7.90. The van der Waals surface area contributed by atoms with Gasteiger partial charge in [0.2, 0.25) is 0 Å². The van der Waals surface area contributed by atoms with Crippen LogP contribution in [0.1, 0.15) is 12.8 Å². The molecule has 0 aromatic rings. The minimum absolute atomic E-state index is 0.535. The molecule has 1 aliphatic heterocycles. The van der Waals surface area contributed by atoms with E-state index in [0.717, 1.165) is 19.4 Å². The lowest BCUT2D eigenvalue weighted by Crippen LogP contribution is -2.30. The van der Waals surface area contributed by atoms with Crippen LogP contribution in [0.2, 0.25) is 0 Å². The highest BCUT2D eigenvalue weighted by Gasteiger charge is 2.08. The van der Waals surface area contributed by atoms with Gasteiger partial charge in [-0.3, -0.25) is 0 Å². The Hall–Kier alpha value is -0.0900. The van der Waals surface area contributed by atoms with Crippen LogP contribution in [-0.4, -0.2) is 16.5 Å². The van der Waals surface area contributed by atoms with Crippen LogP contribution in [-0.2, 0) is 9.92 Å². The van der Waals surface area contributed by atoms with Crippen LogP contribution in [0, 0.1) is 4.78 Å². The van der Waals surface area contributed by atoms with Crippen molar-refractivity contribution in [3.05, 3.63) is 0 Å². The van der Waals surface area contributed by atoms with Crippen molar-refractivity contribution in [2.45, 2.75) is 12.8 Å². The number of hydrogen-bond acceptors (Lipinski definition) is 2. The number of hydrogen-bond donors (Lipinski definition) is 2. The van der Waals surface area contributed by atoms with E-state index in [1.165, 1.54) is 0 Å². The largest absolute Gasteiger partial charge is 0.240 e. The van der Waals surface area contributed by atoms with Crippen molar-refractivity contribution in [2.75, 3.05) is 12.3 Å². The molecular weight excluding hydrogens is 124 g/mol. The average Bonchev–Trinajstić information content (AvgIpc) is 1.65. The number of nitrogens with one attached hydrogen (secondary N) is 2. The predicted molar refractivity (Wildman–Crippen MR) is 33.0 cm³/mol. The Morgan fingerprint density at radius 3 is 2.50 bits per heavy atom. The van der Waals surface area contributed by atoms with Crippen LogP contribution < -0.4 is 4.72 Å². The zero-order chi connectivity index (χ0) is 6.04. The summed E-state index contributed by atoms with van der Waals surface area (Å²) in [7, 11) is -2.33. The fourth-order valence-corrected chi connectivity index (χ4v) is 1.97. The predicted octanol–water partition coefficient (Wildman–Crippen LogP) is 0.332. The zero-order valence-corrected chi connectivity index (χ0v) is 5.46. The molecule has 1 heterocycles. The first kappa shape index (κ1) is 6.04. The quantitative estimate of drug-likeness (QED) is 0.493. The molecule has 1 saturated heterocycles. The van der Waals surface area contributed by atoms with Gasteiger partial charge in [-0.25, -0.2) is 13.7 Å². The molecule has 2 N–H and O–H groups in total. The molecule has 0 bridgehead atoms. The molecule has 0 aromatic heterocycles. The van der Waals surface area contributed by atoms with E-state index in [1.807, 2.05) is 0 Å². The number of rotatable bonds is 0. The average molecular weight is 134 g/mol. The van der Waals surface area contributed by atoms with Crippen molar-refractivity contribution in [2.24, 2.45) is 0 Å². The molecule has 0 radical (unpaired) electrons. The molecule has 0 saturated carbocycles. The van der Waals surface area contributed by atoms with Gasteiger partial charge < -0.3 is 0 Å². The summed E-state index contributed by atoms with van der Waals surface area (Å²) in [5.41, 5.74) is 0. The second-order valence-corrected chi connectivity index (χ2v) is 4.03. The van der Waals surface area contributed by atoms with Crippen LogP contribution in [0.4, 0.5) is 0 Å². The lowest BCUT2D eigenvalue weighted by atomic mass is 10.3. The van der Waals surface area contributed by atoms with Gasteiger partial charge in [-0.2, -0.15) is 0 Å². The Morgan fingerprint density at radius 2 is 2.25 bits per heavy atom. The fraction of sp³-hybridized carbons (Fsp3) is 1.00. The van der Waals surface area contributed by atoms with Gasteiger partial charge in [-0.1, -0.05) is 0 Å². The molecular formula is C4H10N2OS. The molecule has 1 fully saturated rings. The summed E-state index contributed by atoms with van der Waals surface area (Å²) in [6.45, 7) is 0.752. The Morgan fingerprint density at radius 1 is 1.50 bits per heavy atom. The Kier molecular flexibility index (Phi) is 1.53. The van der Waals surface area contributed by atoms with Gasteiger partial charge in [-0.05, 0) is 12.8 Å². The molecule has 1 atom stereocenters. The summed E-state index contributed by atoms with van der Waals surface area (Å²) in [5.74, 6) is 0.535. The standard InChI is InChI=1S/C4H10N2OS/c5-8(7)4-2-1-3-6-8/h1-4H2,(H2,5,6,7). The molecule has 8 heavy (non-hydrogen) atoms. The normalized spacial score (nSPS) is 39.5. The summed E-state index contributed by atoms with van der Waals surface area (Å²) in [6.07, 6.45) is 2.01. The Labute approximate surface area is 49.6 Å². The highest BCUT2D eigenvalue weighted by atomic mass is 32.2. The molecule has 1 unspecified atom stereocenters.